The van der Waals surface area contributed by atoms with E-state index in [0.29, 0.717) is 16.6 Å². The number of amides is 1. The third-order valence-corrected chi connectivity index (χ3v) is 4.39. The molecule has 92 valence electrons. The van der Waals surface area contributed by atoms with Crippen molar-refractivity contribution >= 4 is 40.2 Å². The van der Waals surface area contributed by atoms with E-state index in [0.717, 1.165) is 18.6 Å². The molecule has 1 N–H and O–H groups in total. The predicted octanol–water partition coefficient (Wildman–Crippen LogP) is 3.63. The van der Waals surface area contributed by atoms with E-state index in [2.05, 4.69) is 33.9 Å². The molecule has 2 nitrogen and oxygen atoms in total. The van der Waals surface area contributed by atoms with Gasteiger partial charge in [0.25, 0.3) is 0 Å². The van der Waals surface area contributed by atoms with E-state index in [9.17, 15) is 9.18 Å². The Labute approximate surface area is 114 Å². The first-order chi connectivity index (χ1) is 8.04. The molecule has 1 saturated carbocycles. The number of benzene rings is 1. The van der Waals surface area contributed by atoms with Crippen LogP contribution in [0.3, 0.4) is 0 Å². The second-order valence-electron chi connectivity index (χ2n) is 4.51. The van der Waals surface area contributed by atoms with Crippen LogP contribution in [0.5, 0.6) is 0 Å². The van der Waals surface area contributed by atoms with Gasteiger partial charge in [-0.2, -0.15) is 12.6 Å². The van der Waals surface area contributed by atoms with Gasteiger partial charge in [0.15, 0.2) is 0 Å². The van der Waals surface area contributed by atoms with Gasteiger partial charge in [-0.1, -0.05) is 0 Å². The minimum Gasteiger partial charge on any atom is -0.325 e. The van der Waals surface area contributed by atoms with Crippen molar-refractivity contribution < 1.29 is 9.18 Å². The van der Waals surface area contributed by atoms with Crippen molar-refractivity contribution in [2.45, 2.75) is 19.3 Å². The average Bonchev–Trinajstić information content (AvgIpc) is 3.04. The van der Waals surface area contributed by atoms with E-state index in [-0.39, 0.29) is 17.1 Å². The van der Waals surface area contributed by atoms with Crippen LogP contribution in [-0.2, 0) is 4.79 Å². The van der Waals surface area contributed by atoms with Gasteiger partial charge in [-0.15, -0.1) is 0 Å². The molecule has 0 spiro atoms. The Morgan fingerprint density at radius 1 is 1.53 bits per heavy atom. The minimum atomic E-state index is -0.362. The third-order valence-electron chi connectivity index (χ3n) is 3.03. The fourth-order valence-corrected chi connectivity index (χ4v) is 2.47. The van der Waals surface area contributed by atoms with E-state index in [1.165, 1.54) is 12.1 Å². The zero-order valence-corrected chi connectivity index (χ0v) is 11.7. The van der Waals surface area contributed by atoms with Crippen LogP contribution in [0.1, 0.15) is 19.3 Å². The van der Waals surface area contributed by atoms with Crippen molar-refractivity contribution in [3.8, 4) is 0 Å². The van der Waals surface area contributed by atoms with Crippen LogP contribution in [0.4, 0.5) is 10.1 Å². The number of rotatable bonds is 4. The van der Waals surface area contributed by atoms with Gasteiger partial charge in [-0.25, -0.2) is 4.39 Å². The van der Waals surface area contributed by atoms with Crippen LogP contribution < -0.4 is 5.32 Å². The first-order valence-corrected chi connectivity index (χ1v) is 6.83. The summed E-state index contributed by atoms with van der Waals surface area (Å²) in [6, 6.07) is 4.23. The molecule has 2 rings (SSSR count). The van der Waals surface area contributed by atoms with Crippen LogP contribution in [0.15, 0.2) is 22.7 Å². The van der Waals surface area contributed by atoms with Crippen LogP contribution in [0, 0.1) is 11.2 Å². The number of hydrogen-bond acceptors (Lipinski definition) is 2. The first kappa shape index (κ1) is 12.9. The molecule has 0 bridgehead atoms. The van der Waals surface area contributed by atoms with E-state index in [1.54, 1.807) is 6.07 Å². The first-order valence-electron chi connectivity index (χ1n) is 5.40. The summed E-state index contributed by atoms with van der Waals surface area (Å²) in [5, 5.41) is 2.72. The lowest BCUT2D eigenvalue weighted by Gasteiger charge is -2.12. The van der Waals surface area contributed by atoms with Gasteiger partial charge < -0.3 is 5.32 Å². The highest BCUT2D eigenvalue weighted by atomic mass is 79.9. The van der Waals surface area contributed by atoms with Crippen LogP contribution >= 0.6 is 28.6 Å². The summed E-state index contributed by atoms with van der Waals surface area (Å²) in [7, 11) is 0. The van der Waals surface area contributed by atoms with Crippen molar-refractivity contribution in [3.05, 3.63) is 28.5 Å². The second kappa shape index (κ2) is 4.98. The number of carbonyl (C=O) groups excluding carboxylic acids is 1. The molecule has 0 heterocycles. The monoisotopic (exact) mass is 317 g/mol. The second-order valence-corrected chi connectivity index (χ2v) is 5.68. The van der Waals surface area contributed by atoms with Crippen molar-refractivity contribution in [2.75, 3.05) is 11.1 Å². The molecule has 1 aliphatic carbocycles. The normalized spacial score (nSPS) is 16.6. The fourth-order valence-electron chi connectivity index (χ4n) is 1.70. The number of halogens is 2. The maximum Gasteiger partial charge on any atom is 0.224 e. The quantitative estimate of drug-likeness (QED) is 0.816. The van der Waals surface area contributed by atoms with Crippen molar-refractivity contribution in [3.63, 3.8) is 0 Å². The molecule has 0 unspecified atom stereocenters. The molecular formula is C12H13BrFNOS. The summed E-state index contributed by atoms with van der Waals surface area (Å²) in [4.78, 5) is 11.8. The van der Waals surface area contributed by atoms with E-state index < -0.39 is 0 Å². The lowest BCUT2D eigenvalue weighted by atomic mass is 10.1. The van der Waals surface area contributed by atoms with Gasteiger partial charge in [0.05, 0.1) is 5.69 Å². The Balaban J connectivity index is 2.00. The van der Waals surface area contributed by atoms with Crippen molar-refractivity contribution in [2.24, 2.45) is 5.41 Å². The molecule has 1 aromatic rings. The number of nitrogens with one attached hydrogen (secondary N) is 1. The SMILES string of the molecule is O=C(CC1(CS)CC1)Nc1cc(F)ccc1Br. The average molecular weight is 318 g/mol. The molecule has 5 heteroatoms. The molecule has 17 heavy (non-hydrogen) atoms. The molecule has 1 fully saturated rings. The topological polar surface area (TPSA) is 29.1 Å². The lowest BCUT2D eigenvalue weighted by Crippen LogP contribution is -2.18. The molecule has 0 atom stereocenters. The standard InChI is InChI=1S/C12H13BrFNOS/c13-9-2-1-8(14)5-10(9)15-11(16)6-12(7-17)3-4-12/h1-2,5,17H,3-4,6-7H2,(H,15,16). The van der Waals surface area contributed by atoms with Gasteiger partial charge in [-0.05, 0) is 58.1 Å². The molecular weight excluding hydrogens is 305 g/mol. The number of anilines is 1. The smallest absolute Gasteiger partial charge is 0.224 e. The predicted molar refractivity (Wildman–Crippen MR) is 72.9 cm³/mol. The van der Waals surface area contributed by atoms with Gasteiger partial charge in [0.2, 0.25) is 5.91 Å². The van der Waals surface area contributed by atoms with Gasteiger partial charge in [0.1, 0.15) is 5.82 Å². The van der Waals surface area contributed by atoms with Crippen LogP contribution in [-0.4, -0.2) is 11.7 Å². The summed E-state index contributed by atoms with van der Waals surface area (Å²) < 4.78 is 13.7. The number of carbonyl (C=O) groups is 1. The zero-order valence-electron chi connectivity index (χ0n) is 9.17. The third kappa shape index (κ3) is 3.22. The molecule has 0 aromatic heterocycles. The Hall–Kier alpha value is -0.550. The molecule has 1 amide bonds. The minimum absolute atomic E-state index is 0.0764. The summed E-state index contributed by atoms with van der Waals surface area (Å²) in [6.45, 7) is 0. The highest BCUT2D eigenvalue weighted by molar-refractivity contribution is 9.10. The summed E-state index contributed by atoms with van der Waals surface area (Å²) in [6.07, 6.45) is 2.56. The molecule has 0 saturated heterocycles. The van der Waals surface area contributed by atoms with E-state index >= 15 is 0 Å². The van der Waals surface area contributed by atoms with Crippen LogP contribution in [0.2, 0.25) is 0 Å². The fraction of sp³-hybridized carbons (Fsp3) is 0.417. The largest absolute Gasteiger partial charge is 0.325 e. The number of hydrogen-bond donors (Lipinski definition) is 2. The van der Waals surface area contributed by atoms with Gasteiger partial charge in [-0.3, -0.25) is 4.79 Å². The van der Waals surface area contributed by atoms with Gasteiger partial charge >= 0.3 is 0 Å². The van der Waals surface area contributed by atoms with Crippen molar-refractivity contribution in [1.29, 1.82) is 0 Å². The Bertz CT molecular complexity index is 448. The molecule has 0 radical (unpaired) electrons. The van der Waals surface area contributed by atoms with Gasteiger partial charge in [0, 0.05) is 10.9 Å². The maximum absolute atomic E-state index is 13.0. The Kier molecular flexibility index (Phi) is 3.78. The summed E-state index contributed by atoms with van der Waals surface area (Å²) in [5.41, 5.74) is 0.553. The zero-order chi connectivity index (χ0) is 12.5. The number of thiol groups is 1. The van der Waals surface area contributed by atoms with Crippen LogP contribution in [0.25, 0.3) is 0 Å². The van der Waals surface area contributed by atoms with Crippen molar-refractivity contribution in [1.82, 2.24) is 0 Å². The molecule has 0 aliphatic heterocycles. The maximum atomic E-state index is 13.0. The molecule has 1 aliphatic rings. The molecule has 1 aromatic carbocycles. The van der Waals surface area contributed by atoms with E-state index in [4.69, 9.17) is 0 Å². The summed E-state index contributed by atoms with van der Waals surface area (Å²) in [5.74, 6) is 0.284. The lowest BCUT2D eigenvalue weighted by molar-refractivity contribution is -0.117. The van der Waals surface area contributed by atoms with E-state index in [1.807, 2.05) is 0 Å². The highest BCUT2D eigenvalue weighted by Crippen LogP contribution is 2.49. The Morgan fingerprint density at radius 3 is 2.82 bits per heavy atom. The summed E-state index contributed by atoms with van der Waals surface area (Å²) >= 11 is 7.53. The highest BCUT2D eigenvalue weighted by Gasteiger charge is 2.42. The Morgan fingerprint density at radius 2 is 2.24 bits per heavy atom.